The number of imidazole rings is 1. The Labute approximate surface area is 91.5 Å². The summed E-state index contributed by atoms with van der Waals surface area (Å²) in [6, 6.07) is -0.964. The molecule has 0 saturated carbocycles. The van der Waals surface area contributed by atoms with E-state index in [1.54, 1.807) is 0 Å². The first-order valence-electron chi connectivity index (χ1n) is 4.22. The molecule has 1 atom stereocenters. The predicted octanol–water partition coefficient (Wildman–Crippen LogP) is -0.170. The van der Waals surface area contributed by atoms with Crippen LogP contribution in [0, 0.1) is 0 Å². The highest BCUT2D eigenvalue weighted by molar-refractivity contribution is 7.80. The van der Waals surface area contributed by atoms with Crippen LogP contribution in [0.2, 0.25) is 0 Å². The number of hydrogen-bond acceptors (Lipinski definition) is 4. The molecule has 0 aromatic carbocycles. The molecular formula is C8H11N3O3S. The Kier molecular flexibility index (Phi) is 3.73. The standard InChI is InChI=1S/C8H11N3O3S/c1-4(12)11-6(8(13)14)2-5-7(15)10-3-9-5/h3,6,15H,2H2,1H3,(H,9,10)(H,11,12)(H,13,14)/t6-/m0/s1. The number of nitrogens with one attached hydrogen (secondary N) is 2. The normalized spacial score (nSPS) is 12.1. The number of thiol groups is 1. The van der Waals surface area contributed by atoms with Gasteiger partial charge in [-0.3, -0.25) is 4.79 Å². The Bertz CT molecular complexity index is 377. The van der Waals surface area contributed by atoms with Gasteiger partial charge in [-0.1, -0.05) is 0 Å². The smallest absolute Gasteiger partial charge is 0.326 e. The van der Waals surface area contributed by atoms with Crippen LogP contribution in [0.25, 0.3) is 0 Å². The van der Waals surface area contributed by atoms with E-state index in [0.717, 1.165) is 0 Å². The summed E-state index contributed by atoms with van der Waals surface area (Å²) in [5, 5.41) is 11.6. The summed E-state index contributed by atoms with van der Waals surface area (Å²) in [6.07, 6.45) is 1.55. The van der Waals surface area contributed by atoms with Gasteiger partial charge in [0.15, 0.2) is 0 Å². The van der Waals surface area contributed by atoms with Gasteiger partial charge in [0, 0.05) is 13.3 Å². The number of amides is 1. The molecule has 0 saturated heterocycles. The first-order chi connectivity index (χ1) is 7.00. The fourth-order valence-electron chi connectivity index (χ4n) is 1.11. The van der Waals surface area contributed by atoms with Crippen LogP contribution in [-0.2, 0) is 16.0 Å². The second kappa shape index (κ2) is 4.83. The summed E-state index contributed by atoms with van der Waals surface area (Å²) < 4.78 is 0. The fraction of sp³-hybridized carbons (Fsp3) is 0.375. The van der Waals surface area contributed by atoms with Crippen LogP contribution in [0.5, 0.6) is 0 Å². The Morgan fingerprint density at radius 2 is 2.40 bits per heavy atom. The zero-order valence-electron chi connectivity index (χ0n) is 8.02. The van der Waals surface area contributed by atoms with Gasteiger partial charge in [0.1, 0.15) is 11.1 Å². The van der Waals surface area contributed by atoms with Gasteiger partial charge in [0.25, 0.3) is 0 Å². The number of aromatic nitrogens is 2. The average Bonchev–Trinajstić information content (AvgIpc) is 2.50. The molecule has 1 rings (SSSR count). The lowest BCUT2D eigenvalue weighted by atomic mass is 10.1. The molecule has 0 aliphatic heterocycles. The monoisotopic (exact) mass is 229 g/mol. The zero-order chi connectivity index (χ0) is 11.4. The predicted molar refractivity (Wildman–Crippen MR) is 54.8 cm³/mol. The minimum Gasteiger partial charge on any atom is -0.480 e. The van der Waals surface area contributed by atoms with Crippen LogP contribution in [0.4, 0.5) is 0 Å². The van der Waals surface area contributed by atoms with Crippen molar-refractivity contribution in [1.82, 2.24) is 15.3 Å². The third kappa shape index (κ3) is 3.28. The topological polar surface area (TPSA) is 95.1 Å². The lowest BCUT2D eigenvalue weighted by Gasteiger charge is -2.11. The fourth-order valence-corrected chi connectivity index (χ4v) is 1.33. The van der Waals surface area contributed by atoms with E-state index in [4.69, 9.17) is 5.11 Å². The van der Waals surface area contributed by atoms with Crippen molar-refractivity contribution in [3.05, 3.63) is 12.0 Å². The van der Waals surface area contributed by atoms with Crippen LogP contribution in [-0.4, -0.2) is 33.0 Å². The number of carboxylic acid groups (broad SMARTS) is 1. The van der Waals surface area contributed by atoms with Crippen molar-refractivity contribution in [1.29, 1.82) is 0 Å². The zero-order valence-corrected chi connectivity index (χ0v) is 8.91. The maximum atomic E-state index is 10.8. The number of nitrogens with zero attached hydrogens (tertiary/aromatic N) is 1. The highest BCUT2D eigenvalue weighted by atomic mass is 32.1. The van der Waals surface area contributed by atoms with Gasteiger partial charge >= 0.3 is 5.97 Å². The van der Waals surface area contributed by atoms with Gasteiger partial charge in [-0.05, 0) is 0 Å². The van der Waals surface area contributed by atoms with Crippen LogP contribution in [0.3, 0.4) is 0 Å². The molecule has 6 nitrogen and oxygen atoms in total. The van der Waals surface area contributed by atoms with E-state index in [1.165, 1.54) is 13.3 Å². The molecule has 7 heteroatoms. The van der Waals surface area contributed by atoms with Gasteiger partial charge in [0.2, 0.25) is 5.91 Å². The summed E-state index contributed by atoms with van der Waals surface area (Å²) in [5.41, 5.74) is 0.583. The number of rotatable bonds is 4. The number of carbonyl (C=O) groups excluding carboxylic acids is 1. The molecular weight excluding hydrogens is 218 g/mol. The molecule has 1 heterocycles. The van der Waals surface area contributed by atoms with E-state index < -0.39 is 12.0 Å². The van der Waals surface area contributed by atoms with Crippen LogP contribution in [0.1, 0.15) is 12.6 Å². The first kappa shape index (κ1) is 11.6. The average molecular weight is 229 g/mol. The van der Waals surface area contributed by atoms with E-state index in [2.05, 4.69) is 27.9 Å². The van der Waals surface area contributed by atoms with Gasteiger partial charge < -0.3 is 15.4 Å². The number of H-pyrrole nitrogens is 1. The molecule has 0 unspecified atom stereocenters. The molecule has 3 N–H and O–H groups in total. The van der Waals surface area contributed by atoms with Crippen LogP contribution >= 0.6 is 12.6 Å². The minimum atomic E-state index is -1.09. The summed E-state index contributed by atoms with van der Waals surface area (Å²) in [7, 11) is 0. The third-order valence-electron chi connectivity index (χ3n) is 1.78. The van der Waals surface area contributed by atoms with Crippen molar-refractivity contribution in [3.8, 4) is 0 Å². The second-order valence-corrected chi connectivity index (χ2v) is 3.42. The Hall–Kier alpha value is -1.50. The Morgan fingerprint density at radius 3 is 2.80 bits per heavy atom. The van der Waals surface area contributed by atoms with Crippen molar-refractivity contribution in [3.63, 3.8) is 0 Å². The first-order valence-corrected chi connectivity index (χ1v) is 4.66. The van der Waals surface area contributed by atoms with Crippen LogP contribution in [0.15, 0.2) is 11.4 Å². The molecule has 0 aliphatic rings. The molecule has 15 heavy (non-hydrogen) atoms. The second-order valence-electron chi connectivity index (χ2n) is 3.00. The SMILES string of the molecule is CC(=O)N[C@@H](Cc1[nH]cnc1S)C(=O)O. The van der Waals surface area contributed by atoms with Crippen molar-refractivity contribution >= 4 is 24.5 Å². The van der Waals surface area contributed by atoms with Crippen molar-refractivity contribution in [2.75, 3.05) is 0 Å². The molecule has 1 amide bonds. The van der Waals surface area contributed by atoms with E-state index in [-0.39, 0.29) is 12.3 Å². The highest BCUT2D eigenvalue weighted by Crippen LogP contribution is 2.09. The molecule has 1 aromatic heterocycles. The summed E-state index contributed by atoms with van der Waals surface area (Å²) in [4.78, 5) is 28.1. The molecule has 1 aromatic rings. The number of carbonyl (C=O) groups is 2. The number of hydrogen-bond donors (Lipinski definition) is 4. The van der Waals surface area contributed by atoms with Gasteiger partial charge in [-0.2, -0.15) is 0 Å². The van der Waals surface area contributed by atoms with Crippen LogP contribution < -0.4 is 5.32 Å². The molecule has 0 radical (unpaired) electrons. The van der Waals surface area contributed by atoms with E-state index in [0.29, 0.717) is 10.7 Å². The number of carboxylic acids is 1. The molecule has 0 aliphatic carbocycles. The summed E-state index contributed by atoms with van der Waals surface area (Å²) in [5.74, 6) is -1.48. The lowest BCUT2D eigenvalue weighted by Crippen LogP contribution is -2.41. The molecule has 0 bridgehead atoms. The quantitative estimate of drug-likeness (QED) is 0.539. The Morgan fingerprint density at radius 1 is 1.73 bits per heavy atom. The lowest BCUT2D eigenvalue weighted by molar-refractivity contribution is -0.141. The van der Waals surface area contributed by atoms with Crippen molar-refractivity contribution in [2.45, 2.75) is 24.4 Å². The van der Waals surface area contributed by atoms with E-state index in [9.17, 15) is 9.59 Å². The summed E-state index contributed by atoms with van der Waals surface area (Å²) in [6.45, 7) is 1.27. The third-order valence-corrected chi connectivity index (χ3v) is 2.16. The maximum absolute atomic E-state index is 10.8. The summed E-state index contributed by atoms with van der Waals surface area (Å²) >= 11 is 4.03. The number of aliphatic carboxylic acids is 1. The van der Waals surface area contributed by atoms with Gasteiger partial charge in [-0.15, -0.1) is 12.6 Å². The number of aromatic amines is 1. The van der Waals surface area contributed by atoms with Gasteiger partial charge in [0.05, 0.1) is 12.0 Å². The highest BCUT2D eigenvalue weighted by Gasteiger charge is 2.20. The van der Waals surface area contributed by atoms with Gasteiger partial charge in [-0.25, -0.2) is 9.78 Å². The molecule has 0 fully saturated rings. The minimum absolute atomic E-state index is 0.133. The maximum Gasteiger partial charge on any atom is 0.326 e. The largest absolute Gasteiger partial charge is 0.480 e. The molecule has 82 valence electrons. The Balaban J connectivity index is 2.71. The van der Waals surface area contributed by atoms with Crippen molar-refractivity contribution < 1.29 is 14.7 Å². The molecule has 0 spiro atoms. The van der Waals surface area contributed by atoms with E-state index in [1.807, 2.05) is 0 Å². The van der Waals surface area contributed by atoms with Crippen molar-refractivity contribution in [2.24, 2.45) is 0 Å². The van der Waals surface area contributed by atoms with E-state index >= 15 is 0 Å².